The highest BCUT2D eigenvalue weighted by Crippen LogP contribution is 2.27. The molecule has 0 spiro atoms. The lowest BCUT2D eigenvalue weighted by Gasteiger charge is -2.34. The van der Waals surface area contributed by atoms with Crippen LogP contribution in [0.15, 0.2) is 24.3 Å². The first kappa shape index (κ1) is 19.2. The average Bonchev–Trinajstić information content (AvgIpc) is 2.74. The zero-order valence-corrected chi connectivity index (χ0v) is 15.8. The van der Waals surface area contributed by atoms with Crippen LogP contribution in [0.25, 0.3) is 0 Å². The molecule has 1 aliphatic carbocycles. The maximum Gasteiger partial charge on any atom is 0.308 e. The van der Waals surface area contributed by atoms with E-state index in [1.165, 1.54) is 7.11 Å². The van der Waals surface area contributed by atoms with E-state index in [2.05, 4.69) is 16.3 Å². The van der Waals surface area contributed by atoms with E-state index < -0.39 is 0 Å². The predicted octanol–water partition coefficient (Wildman–Crippen LogP) is 2.62. The summed E-state index contributed by atoms with van der Waals surface area (Å²) < 4.78 is 4.81. The van der Waals surface area contributed by atoms with Crippen molar-refractivity contribution in [2.24, 2.45) is 11.8 Å². The van der Waals surface area contributed by atoms with Gasteiger partial charge in [-0.05, 0) is 62.8 Å². The number of anilines is 1. The molecule has 3 rings (SSSR count). The van der Waals surface area contributed by atoms with Crippen LogP contribution >= 0.6 is 0 Å². The van der Waals surface area contributed by atoms with Crippen molar-refractivity contribution >= 4 is 17.6 Å². The number of rotatable bonds is 4. The fourth-order valence-electron chi connectivity index (χ4n) is 4.11. The standard InChI is InChI=1S/C21H27N3O3/c1-27-21(26)17-4-6-18(7-5-17)23-20(25)16-10-12-24(13-11-16)19-8-2-15(14-22)3-9-19/h2-3,8-9,16-18H,4-7,10-13H2,1H3,(H,23,25). The molecule has 1 amide bonds. The number of nitriles is 1. The smallest absolute Gasteiger partial charge is 0.308 e. The maximum absolute atomic E-state index is 12.6. The van der Waals surface area contributed by atoms with Gasteiger partial charge in [-0.15, -0.1) is 0 Å². The molecule has 0 unspecified atom stereocenters. The first-order valence-corrected chi connectivity index (χ1v) is 9.74. The van der Waals surface area contributed by atoms with Gasteiger partial charge >= 0.3 is 5.97 Å². The number of piperidine rings is 1. The number of benzene rings is 1. The third-order valence-corrected chi connectivity index (χ3v) is 5.84. The molecule has 1 heterocycles. The molecule has 1 N–H and O–H groups in total. The molecule has 1 aromatic rings. The molecule has 6 heteroatoms. The number of ether oxygens (including phenoxy) is 1. The van der Waals surface area contributed by atoms with Crippen LogP contribution in [0.4, 0.5) is 5.69 Å². The van der Waals surface area contributed by atoms with E-state index in [-0.39, 0.29) is 29.8 Å². The molecule has 0 atom stereocenters. The van der Waals surface area contributed by atoms with Crippen LogP contribution in [-0.2, 0) is 14.3 Å². The van der Waals surface area contributed by atoms with Gasteiger partial charge in [0, 0.05) is 30.7 Å². The topological polar surface area (TPSA) is 82.4 Å². The number of carbonyl (C=O) groups is 2. The van der Waals surface area contributed by atoms with Gasteiger partial charge in [-0.1, -0.05) is 0 Å². The van der Waals surface area contributed by atoms with Gasteiger partial charge in [-0.3, -0.25) is 9.59 Å². The lowest BCUT2D eigenvalue weighted by molar-refractivity contribution is -0.146. The van der Waals surface area contributed by atoms with Gasteiger partial charge < -0.3 is 15.0 Å². The Balaban J connectivity index is 1.43. The molecule has 1 aliphatic heterocycles. The number of methoxy groups -OCH3 is 1. The normalized spacial score (nSPS) is 23.3. The van der Waals surface area contributed by atoms with Crippen molar-refractivity contribution in [2.45, 2.75) is 44.6 Å². The minimum atomic E-state index is -0.130. The van der Waals surface area contributed by atoms with Crippen LogP contribution in [0.2, 0.25) is 0 Å². The highest BCUT2D eigenvalue weighted by molar-refractivity contribution is 5.79. The summed E-state index contributed by atoms with van der Waals surface area (Å²) in [7, 11) is 1.43. The van der Waals surface area contributed by atoms with Crippen LogP contribution in [0.5, 0.6) is 0 Å². The lowest BCUT2D eigenvalue weighted by Crippen LogP contribution is -2.45. The molecule has 2 fully saturated rings. The Morgan fingerprint density at radius 1 is 1.04 bits per heavy atom. The second-order valence-corrected chi connectivity index (χ2v) is 7.50. The number of carbonyl (C=O) groups excluding carboxylic acids is 2. The van der Waals surface area contributed by atoms with Crippen molar-refractivity contribution in [1.29, 1.82) is 5.26 Å². The minimum absolute atomic E-state index is 0.0150. The third-order valence-electron chi connectivity index (χ3n) is 5.84. The van der Waals surface area contributed by atoms with Crippen LogP contribution in [-0.4, -0.2) is 38.1 Å². The fraction of sp³-hybridized carbons (Fsp3) is 0.571. The van der Waals surface area contributed by atoms with Gasteiger partial charge in [0.05, 0.1) is 24.7 Å². The molecule has 1 aromatic carbocycles. The quantitative estimate of drug-likeness (QED) is 0.825. The van der Waals surface area contributed by atoms with Crippen LogP contribution < -0.4 is 10.2 Å². The summed E-state index contributed by atoms with van der Waals surface area (Å²) in [4.78, 5) is 26.5. The van der Waals surface area contributed by atoms with Gasteiger partial charge in [0.25, 0.3) is 0 Å². The minimum Gasteiger partial charge on any atom is -0.469 e. The summed E-state index contributed by atoms with van der Waals surface area (Å²) in [6, 6.07) is 9.91. The number of hydrogen-bond acceptors (Lipinski definition) is 5. The van der Waals surface area contributed by atoms with Crippen molar-refractivity contribution in [2.75, 3.05) is 25.1 Å². The van der Waals surface area contributed by atoms with E-state index in [0.717, 1.165) is 57.3 Å². The second-order valence-electron chi connectivity index (χ2n) is 7.50. The van der Waals surface area contributed by atoms with Gasteiger partial charge in [0.15, 0.2) is 0 Å². The first-order valence-electron chi connectivity index (χ1n) is 9.74. The zero-order chi connectivity index (χ0) is 19.2. The van der Waals surface area contributed by atoms with E-state index in [1.54, 1.807) is 0 Å². The number of amides is 1. The average molecular weight is 369 g/mol. The van der Waals surface area contributed by atoms with E-state index in [4.69, 9.17) is 10.00 Å². The van der Waals surface area contributed by atoms with Gasteiger partial charge in [0.1, 0.15) is 0 Å². The molecule has 6 nitrogen and oxygen atoms in total. The van der Waals surface area contributed by atoms with Crippen molar-refractivity contribution in [3.63, 3.8) is 0 Å². The highest BCUT2D eigenvalue weighted by atomic mass is 16.5. The Bertz CT molecular complexity index is 694. The van der Waals surface area contributed by atoms with Crippen molar-refractivity contribution in [1.82, 2.24) is 5.32 Å². The zero-order valence-electron chi connectivity index (χ0n) is 15.8. The number of esters is 1. The number of nitrogens with zero attached hydrogens (tertiary/aromatic N) is 2. The fourth-order valence-corrected chi connectivity index (χ4v) is 4.11. The Hall–Kier alpha value is -2.55. The summed E-state index contributed by atoms with van der Waals surface area (Å²) in [5, 5.41) is 12.1. The van der Waals surface area contributed by atoms with Crippen LogP contribution in [0.1, 0.15) is 44.1 Å². The molecule has 144 valence electrons. The second kappa shape index (κ2) is 8.90. The Kier molecular flexibility index (Phi) is 6.33. The van der Waals surface area contributed by atoms with Crippen LogP contribution in [0.3, 0.4) is 0 Å². The SMILES string of the molecule is COC(=O)C1CCC(NC(=O)C2CCN(c3ccc(C#N)cc3)CC2)CC1. The van der Waals surface area contributed by atoms with Gasteiger partial charge in [-0.2, -0.15) is 5.26 Å². The largest absolute Gasteiger partial charge is 0.469 e. The molecule has 2 aliphatic rings. The highest BCUT2D eigenvalue weighted by Gasteiger charge is 2.30. The molecule has 0 aromatic heterocycles. The van der Waals surface area contributed by atoms with E-state index in [9.17, 15) is 9.59 Å². The summed E-state index contributed by atoms with van der Waals surface area (Å²) >= 11 is 0. The Labute approximate surface area is 160 Å². The summed E-state index contributed by atoms with van der Waals surface area (Å²) in [6.07, 6.45) is 4.93. The Morgan fingerprint density at radius 3 is 2.22 bits per heavy atom. The maximum atomic E-state index is 12.6. The Morgan fingerprint density at radius 2 is 1.67 bits per heavy atom. The van der Waals surface area contributed by atoms with Crippen molar-refractivity contribution in [3.05, 3.63) is 29.8 Å². The summed E-state index contributed by atoms with van der Waals surface area (Å²) in [5.41, 5.74) is 1.77. The molecule has 1 saturated carbocycles. The van der Waals surface area contributed by atoms with Crippen molar-refractivity contribution in [3.8, 4) is 6.07 Å². The van der Waals surface area contributed by atoms with Gasteiger partial charge in [-0.25, -0.2) is 0 Å². The van der Waals surface area contributed by atoms with Gasteiger partial charge in [0.2, 0.25) is 5.91 Å². The molecular weight excluding hydrogens is 342 g/mol. The predicted molar refractivity (Wildman–Crippen MR) is 102 cm³/mol. The molecule has 0 radical (unpaired) electrons. The van der Waals surface area contributed by atoms with Crippen molar-refractivity contribution < 1.29 is 14.3 Å². The monoisotopic (exact) mass is 369 g/mol. The lowest BCUT2D eigenvalue weighted by atomic mass is 9.85. The first-order chi connectivity index (χ1) is 13.1. The number of hydrogen-bond donors (Lipinski definition) is 1. The van der Waals surface area contributed by atoms with E-state index in [1.807, 2.05) is 24.3 Å². The van der Waals surface area contributed by atoms with Crippen LogP contribution in [0, 0.1) is 23.2 Å². The summed E-state index contributed by atoms with van der Waals surface area (Å²) in [6.45, 7) is 1.69. The molecule has 1 saturated heterocycles. The molecule has 0 bridgehead atoms. The number of nitrogens with one attached hydrogen (secondary N) is 1. The van der Waals surface area contributed by atoms with E-state index in [0.29, 0.717) is 5.56 Å². The van der Waals surface area contributed by atoms with E-state index >= 15 is 0 Å². The molecule has 27 heavy (non-hydrogen) atoms. The molecular formula is C21H27N3O3. The summed E-state index contributed by atoms with van der Waals surface area (Å²) in [5.74, 6) is 0.0581. The third kappa shape index (κ3) is 4.79.